The predicted molar refractivity (Wildman–Crippen MR) is 109 cm³/mol. The number of thioether (sulfide) groups is 1. The maximum atomic E-state index is 12.4. The summed E-state index contributed by atoms with van der Waals surface area (Å²) in [7, 11) is 0. The Kier molecular flexibility index (Phi) is 5.73. The van der Waals surface area contributed by atoms with Crippen LogP contribution in [-0.4, -0.2) is 26.4 Å². The van der Waals surface area contributed by atoms with Crippen molar-refractivity contribution in [2.45, 2.75) is 43.4 Å². The highest BCUT2D eigenvalue weighted by molar-refractivity contribution is 7.99. The molecule has 0 bridgehead atoms. The summed E-state index contributed by atoms with van der Waals surface area (Å²) in [4.78, 5) is 12.4. The van der Waals surface area contributed by atoms with Crippen LogP contribution in [0.5, 0.6) is 0 Å². The van der Waals surface area contributed by atoms with Crippen LogP contribution in [0.3, 0.4) is 0 Å². The molecule has 146 valence electrons. The normalized spacial score (nSPS) is 14.8. The maximum absolute atomic E-state index is 12.4. The maximum Gasteiger partial charge on any atom is 0.230 e. The molecular weight excluding hydrogens is 396 g/mol. The fraction of sp³-hybridized carbons (Fsp3) is 0.350. The Morgan fingerprint density at radius 2 is 2.14 bits per heavy atom. The quantitative estimate of drug-likeness (QED) is 0.550. The number of halogens is 1. The van der Waals surface area contributed by atoms with Crippen molar-refractivity contribution in [1.29, 1.82) is 0 Å². The van der Waals surface area contributed by atoms with Gasteiger partial charge in [0, 0.05) is 10.9 Å². The van der Waals surface area contributed by atoms with Crippen LogP contribution in [0.4, 0.5) is 0 Å². The van der Waals surface area contributed by atoms with E-state index in [1.807, 2.05) is 43.3 Å². The largest absolute Gasteiger partial charge is 0.467 e. The lowest BCUT2D eigenvalue weighted by Crippen LogP contribution is -2.28. The zero-order chi connectivity index (χ0) is 19.5. The van der Waals surface area contributed by atoms with Crippen LogP contribution in [0.15, 0.2) is 52.2 Å². The standard InChI is InChI=1S/C20H21ClN4O2S/c1-13(16-6-2-3-7-17(16)21)22-18(26)12-28-20-24-23-19(14-8-9-14)25(20)11-15-5-4-10-27-15/h2-7,10,13-14H,8-9,11-12H2,1H3,(H,22,26). The number of carbonyl (C=O) groups excluding carboxylic acids is 1. The number of aromatic nitrogens is 3. The summed E-state index contributed by atoms with van der Waals surface area (Å²) in [6.07, 6.45) is 3.93. The van der Waals surface area contributed by atoms with Crippen LogP contribution in [0.2, 0.25) is 5.02 Å². The molecule has 1 saturated carbocycles. The van der Waals surface area contributed by atoms with Gasteiger partial charge in [0.15, 0.2) is 5.16 Å². The Bertz CT molecular complexity index is 953. The van der Waals surface area contributed by atoms with Crippen LogP contribution >= 0.6 is 23.4 Å². The van der Waals surface area contributed by atoms with Crippen molar-refractivity contribution in [3.05, 3.63) is 64.8 Å². The SMILES string of the molecule is CC(NC(=O)CSc1nnc(C2CC2)n1Cc1ccco1)c1ccccc1Cl. The number of hydrogen-bond donors (Lipinski definition) is 1. The van der Waals surface area contributed by atoms with Crippen molar-refractivity contribution < 1.29 is 9.21 Å². The Balaban J connectivity index is 1.40. The first-order chi connectivity index (χ1) is 13.6. The zero-order valence-corrected chi connectivity index (χ0v) is 17.0. The van der Waals surface area contributed by atoms with E-state index in [-0.39, 0.29) is 17.7 Å². The molecule has 0 spiro atoms. The van der Waals surface area contributed by atoms with E-state index < -0.39 is 0 Å². The molecular formula is C20H21ClN4O2S. The highest BCUT2D eigenvalue weighted by atomic mass is 35.5. The number of hydrogen-bond acceptors (Lipinski definition) is 5. The molecule has 3 aromatic rings. The highest BCUT2D eigenvalue weighted by Gasteiger charge is 2.30. The smallest absolute Gasteiger partial charge is 0.230 e. The Labute approximate surface area is 172 Å². The minimum absolute atomic E-state index is 0.0714. The molecule has 2 heterocycles. The molecule has 1 unspecified atom stereocenters. The summed E-state index contributed by atoms with van der Waals surface area (Å²) in [6, 6.07) is 11.2. The number of nitrogens with zero attached hydrogens (tertiary/aromatic N) is 3. The van der Waals surface area contributed by atoms with Crippen molar-refractivity contribution in [1.82, 2.24) is 20.1 Å². The van der Waals surface area contributed by atoms with Crippen molar-refractivity contribution in [3.63, 3.8) is 0 Å². The van der Waals surface area contributed by atoms with E-state index in [4.69, 9.17) is 16.0 Å². The molecule has 1 aromatic carbocycles. The fourth-order valence-electron chi connectivity index (χ4n) is 3.07. The third-order valence-electron chi connectivity index (χ3n) is 4.66. The van der Waals surface area contributed by atoms with Gasteiger partial charge in [0.1, 0.15) is 11.6 Å². The molecule has 6 nitrogen and oxygen atoms in total. The Morgan fingerprint density at radius 3 is 2.86 bits per heavy atom. The lowest BCUT2D eigenvalue weighted by Gasteiger charge is -2.15. The molecule has 0 aliphatic heterocycles. The second kappa shape index (κ2) is 8.41. The minimum atomic E-state index is -0.162. The number of furan rings is 1. The van der Waals surface area contributed by atoms with Gasteiger partial charge in [-0.1, -0.05) is 41.6 Å². The third kappa shape index (κ3) is 4.42. The van der Waals surface area contributed by atoms with Crippen molar-refractivity contribution in [2.75, 3.05) is 5.75 Å². The van der Waals surface area contributed by atoms with Gasteiger partial charge in [-0.3, -0.25) is 9.36 Å². The first-order valence-electron chi connectivity index (χ1n) is 9.24. The lowest BCUT2D eigenvalue weighted by molar-refractivity contribution is -0.119. The fourth-order valence-corrected chi connectivity index (χ4v) is 4.13. The summed E-state index contributed by atoms with van der Waals surface area (Å²) in [5, 5.41) is 13.0. The molecule has 0 saturated heterocycles. The van der Waals surface area contributed by atoms with Crippen LogP contribution in [0.1, 0.15) is 48.9 Å². The lowest BCUT2D eigenvalue weighted by atomic mass is 10.1. The molecule has 1 fully saturated rings. The van der Waals surface area contributed by atoms with Gasteiger partial charge in [-0.15, -0.1) is 10.2 Å². The third-order valence-corrected chi connectivity index (χ3v) is 5.97. The average molecular weight is 417 g/mol. The molecule has 1 aliphatic carbocycles. The molecule has 1 atom stereocenters. The molecule has 0 radical (unpaired) electrons. The van der Waals surface area contributed by atoms with E-state index in [9.17, 15) is 4.79 Å². The van der Waals surface area contributed by atoms with E-state index in [0.29, 0.717) is 17.5 Å². The van der Waals surface area contributed by atoms with Crippen LogP contribution in [0, 0.1) is 0 Å². The summed E-state index contributed by atoms with van der Waals surface area (Å²) in [6.45, 7) is 2.50. The van der Waals surface area contributed by atoms with Gasteiger partial charge in [-0.05, 0) is 43.5 Å². The van der Waals surface area contributed by atoms with Crippen LogP contribution in [-0.2, 0) is 11.3 Å². The zero-order valence-electron chi connectivity index (χ0n) is 15.5. The van der Waals surface area contributed by atoms with Crippen molar-refractivity contribution in [2.24, 2.45) is 0 Å². The first-order valence-corrected chi connectivity index (χ1v) is 10.6. The molecule has 4 rings (SSSR count). The van der Waals surface area contributed by atoms with Crippen molar-refractivity contribution in [3.8, 4) is 0 Å². The number of nitrogens with one attached hydrogen (secondary N) is 1. The second-order valence-corrected chi connectivity index (χ2v) is 8.23. The number of amides is 1. The summed E-state index contributed by atoms with van der Waals surface area (Å²) >= 11 is 7.60. The second-order valence-electron chi connectivity index (χ2n) is 6.88. The summed E-state index contributed by atoms with van der Waals surface area (Å²) in [5.41, 5.74) is 0.902. The van der Waals surface area contributed by atoms with Crippen molar-refractivity contribution >= 4 is 29.3 Å². The van der Waals surface area contributed by atoms with Crippen LogP contribution < -0.4 is 5.32 Å². The molecule has 1 N–H and O–H groups in total. The van der Waals surface area contributed by atoms with E-state index in [2.05, 4.69) is 20.1 Å². The molecule has 8 heteroatoms. The van der Waals surface area contributed by atoms with E-state index in [1.165, 1.54) is 11.8 Å². The number of carbonyl (C=O) groups is 1. The average Bonchev–Trinajstić information content (AvgIpc) is 3.24. The van der Waals surface area contributed by atoms with Gasteiger partial charge >= 0.3 is 0 Å². The topological polar surface area (TPSA) is 73.0 Å². The van der Waals surface area contributed by atoms with Gasteiger partial charge in [-0.2, -0.15) is 0 Å². The summed E-state index contributed by atoms with van der Waals surface area (Å²) in [5.74, 6) is 2.48. The van der Waals surface area contributed by atoms with E-state index >= 15 is 0 Å². The number of rotatable bonds is 8. The minimum Gasteiger partial charge on any atom is -0.467 e. The monoisotopic (exact) mass is 416 g/mol. The molecule has 2 aromatic heterocycles. The van der Waals surface area contributed by atoms with Gasteiger partial charge in [0.25, 0.3) is 0 Å². The van der Waals surface area contributed by atoms with E-state index in [0.717, 1.165) is 35.1 Å². The molecule has 1 amide bonds. The highest BCUT2D eigenvalue weighted by Crippen LogP contribution is 2.40. The van der Waals surface area contributed by atoms with Crippen LogP contribution in [0.25, 0.3) is 0 Å². The summed E-state index contributed by atoms with van der Waals surface area (Å²) < 4.78 is 7.54. The Hall–Kier alpha value is -2.25. The predicted octanol–water partition coefficient (Wildman–Crippen LogP) is 4.42. The van der Waals surface area contributed by atoms with Gasteiger partial charge in [0.05, 0.1) is 24.6 Å². The first kappa shape index (κ1) is 19.1. The molecule has 1 aliphatic rings. The van der Waals surface area contributed by atoms with Gasteiger partial charge in [0.2, 0.25) is 5.91 Å². The van der Waals surface area contributed by atoms with Gasteiger partial charge < -0.3 is 9.73 Å². The Morgan fingerprint density at radius 1 is 1.32 bits per heavy atom. The number of benzene rings is 1. The van der Waals surface area contributed by atoms with E-state index in [1.54, 1.807) is 6.26 Å². The van der Waals surface area contributed by atoms with Gasteiger partial charge in [-0.25, -0.2) is 0 Å². The molecule has 28 heavy (non-hydrogen) atoms.